The summed E-state index contributed by atoms with van der Waals surface area (Å²) in [5.41, 5.74) is 3.66. The summed E-state index contributed by atoms with van der Waals surface area (Å²) < 4.78 is 30.5. The van der Waals surface area contributed by atoms with Gasteiger partial charge in [-0.3, -0.25) is 0 Å². The Labute approximate surface area is 181 Å². The van der Waals surface area contributed by atoms with E-state index in [4.69, 9.17) is 4.74 Å². The Morgan fingerprint density at radius 2 is 1.94 bits per heavy atom. The van der Waals surface area contributed by atoms with E-state index in [0.717, 1.165) is 59.5 Å². The molecule has 1 aliphatic rings. The number of benzene rings is 1. The van der Waals surface area contributed by atoms with Gasteiger partial charge in [0, 0.05) is 36.7 Å². The molecule has 10 heteroatoms. The number of nitrogens with one attached hydrogen (secondary N) is 1. The monoisotopic (exact) mass is 442 g/mol. The number of nitrogens with zero attached hydrogens (tertiary/aromatic N) is 5. The van der Waals surface area contributed by atoms with Crippen LogP contribution in [0.25, 0.3) is 22.2 Å². The van der Waals surface area contributed by atoms with Crippen LogP contribution in [0.3, 0.4) is 0 Å². The predicted octanol–water partition coefficient (Wildman–Crippen LogP) is 2.17. The van der Waals surface area contributed by atoms with E-state index in [1.807, 2.05) is 13.0 Å². The van der Waals surface area contributed by atoms with Crippen LogP contribution in [0, 0.1) is 12.8 Å². The summed E-state index contributed by atoms with van der Waals surface area (Å²) in [5.74, 6) is 1.69. The van der Waals surface area contributed by atoms with Crippen LogP contribution in [0.5, 0.6) is 5.88 Å². The van der Waals surface area contributed by atoms with Crippen LogP contribution in [0.4, 0.5) is 5.82 Å². The zero-order valence-corrected chi connectivity index (χ0v) is 18.7. The Morgan fingerprint density at radius 1 is 1.16 bits per heavy atom. The Morgan fingerprint density at radius 3 is 2.58 bits per heavy atom. The largest absolute Gasteiger partial charge is 0.480 e. The second-order valence-corrected chi connectivity index (χ2v) is 9.73. The van der Waals surface area contributed by atoms with Crippen molar-refractivity contribution in [2.24, 2.45) is 5.92 Å². The van der Waals surface area contributed by atoms with E-state index in [9.17, 15) is 8.42 Å². The third kappa shape index (κ3) is 4.91. The molecular weight excluding hydrogens is 416 g/mol. The molecule has 3 heterocycles. The molecule has 0 amide bonds. The first-order chi connectivity index (χ1) is 14.8. The van der Waals surface area contributed by atoms with Crippen molar-refractivity contribution in [1.82, 2.24) is 24.9 Å². The van der Waals surface area contributed by atoms with E-state index < -0.39 is 10.0 Å². The lowest BCUT2D eigenvalue weighted by Gasteiger charge is -2.33. The number of hydrogen-bond acceptors (Lipinski definition) is 8. The van der Waals surface area contributed by atoms with Crippen molar-refractivity contribution in [2.75, 3.05) is 37.9 Å². The van der Waals surface area contributed by atoms with Crippen molar-refractivity contribution in [1.29, 1.82) is 0 Å². The molecule has 1 N–H and O–H groups in total. The lowest BCUT2D eigenvalue weighted by molar-refractivity contribution is 0.392. The summed E-state index contributed by atoms with van der Waals surface area (Å²) in [7, 11) is -1.60. The van der Waals surface area contributed by atoms with E-state index in [1.165, 1.54) is 6.26 Å². The average molecular weight is 443 g/mol. The molecule has 0 atom stereocenters. The number of fused-ring (bicyclic) bond motifs is 1. The molecule has 9 nitrogen and oxygen atoms in total. The van der Waals surface area contributed by atoms with Gasteiger partial charge in [0.25, 0.3) is 0 Å². The van der Waals surface area contributed by atoms with Crippen LogP contribution in [0.15, 0.2) is 30.6 Å². The maximum Gasteiger partial charge on any atom is 0.233 e. The minimum absolute atomic E-state index is 0.325. The summed E-state index contributed by atoms with van der Waals surface area (Å²) in [6.45, 7) is 4.14. The second-order valence-electron chi connectivity index (χ2n) is 7.90. The summed E-state index contributed by atoms with van der Waals surface area (Å²) in [5, 5.41) is 9.33. The maximum atomic E-state index is 11.4. The quantitative estimate of drug-likeness (QED) is 0.618. The molecular formula is C21H26N6O3S. The fourth-order valence-electron chi connectivity index (χ4n) is 3.93. The van der Waals surface area contributed by atoms with Crippen molar-refractivity contribution < 1.29 is 13.2 Å². The minimum Gasteiger partial charge on any atom is -0.480 e. The number of sulfonamides is 1. The zero-order chi connectivity index (χ0) is 22.0. The molecule has 1 aromatic carbocycles. The van der Waals surface area contributed by atoms with Gasteiger partial charge >= 0.3 is 0 Å². The highest BCUT2D eigenvalue weighted by molar-refractivity contribution is 7.88. The molecule has 0 saturated carbocycles. The third-order valence-corrected chi connectivity index (χ3v) is 6.29. The SMILES string of the molecule is COc1ccc(-c2cc(C)c3ncnc(N4CCC(CNS(C)(=O)=O)CC4)c3c2)nn1. The number of ether oxygens (including phenoxy) is 1. The first kappa shape index (κ1) is 21.4. The highest BCUT2D eigenvalue weighted by Gasteiger charge is 2.23. The molecule has 164 valence electrons. The van der Waals surface area contributed by atoms with Crippen LogP contribution in [-0.4, -0.2) is 61.6 Å². The molecule has 0 bridgehead atoms. The van der Waals surface area contributed by atoms with Crippen molar-refractivity contribution in [2.45, 2.75) is 19.8 Å². The first-order valence-electron chi connectivity index (χ1n) is 10.2. The molecule has 4 rings (SSSR count). The number of piperidine rings is 1. The summed E-state index contributed by atoms with van der Waals surface area (Å²) in [6.07, 6.45) is 4.60. The van der Waals surface area contributed by atoms with E-state index >= 15 is 0 Å². The molecule has 3 aromatic rings. The van der Waals surface area contributed by atoms with Crippen LogP contribution in [0.2, 0.25) is 0 Å². The van der Waals surface area contributed by atoms with Gasteiger partial charge in [-0.05, 0) is 49.4 Å². The van der Waals surface area contributed by atoms with E-state index in [1.54, 1.807) is 19.5 Å². The molecule has 0 spiro atoms. The molecule has 0 radical (unpaired) electrons. The minimum atomic E-state index is -3.16. The van der Waals surface area contributed by atoms with E-state index in [-0.39, 0.29) is 0 Å². The number of rotatable bonds is 6. The highest BCUT2D eigenvalue weighted by atomic mass is 32.2. The van der Waals surface area contributed by atoms with Gasteiger partial charge in [0.05, 0.1) is 24.6 Å². The smallest absolute Gasteiger partial charge is 0.233 e. The van der Waals surface area contributed by atoms with Gasteiger partial charge in [-0.1, -0.05) is 0 Å². The highest BCUT2D eigenvalue weighted by Crippen LogP contribution is 2.32. The summed E-state index contributed by atoms with van der Waals surface area (Å²) in [6, 6.07) is 7.79. The summed E-state index contributed by atoms with van der Waals surface area (Å²) >= 11 is 0. The first-order valence-corrected chi connectivity index (χ1v) is 12.1. The van der Waals surface area contributed by atoms with Gasteiger partial charge in [-0.25, -0.2) is 23.1 Å². The normalized spacial score (nSPS) is 15.4. The molecule has 0 unspecified atom stereocenters. The Bertz CT molecular complexity index is 1180. The van der Waals surface area contributed by atoms with Crippen molar-refractivity contribution in [3.8, 4) is 17.1 Å². The number of aromatic nitrogens is 4. The van der Waals surface area contributed by atoms with Crippen LogP contribution in [-0.2, 0) is 10.0 Å². The van der Waals surface area contributed by atoms with Gasteiger partial charge in [0.1, 0.15) is 12.1 Å². The molecule has 31 heavy (non-hydrogen) atoms. The van der Waals surface area contributed by atoms with Gasteiger partial charge in [0.2, 0.25) is 15.9 Å². The van der Waals surface area contributed by atoms with Crippen molar-refractivity contribution in [3.05, 3.63) is 36.2 Å². The number of hydrogen-bond donors (Lipinski definition) is 1. The fraction of sp³-hybridized carbons (Fsp3) is 0.429. The van der Waals surface area contributed by atoms with E-state index in [0.29, 0.717) is 18.3 Å². The van der Waals surface area contributed by atoms with E-state index in [2.05, 4.69) is 41.9 Å². The lowest BCUT2D eigenvalue weighted by Crippen LogP contribution is -2.38. The van der Waals surface area contributed by atoms with Crippen molar-refractivity contribution >= 4 is 26.7 Å². The fourth-order valence-corrected chi connectivity index (χ4v) is 4.47. The van der Waals surface area contributed by atoms with Gasteiger partial charge in [0.15, 0.2) is 0 Å². The molecule has 2 aromatic heterocycles. The predicted molar refractivity (Wildman–Crippen MR) is 120 cm³/mol. The van der Waals surface area contributed by atoms with Gasteiger partial charge in [-0.2, -0.15) is 0 Å². The number of anilines is 1. The Balaban J connectivity index is 1.60. The molecule has 1 aliphatic heterocycles. The van der Waals surface area contributed by atoms with Crippen molar-refractivity contribution in [3.63, 3.8) is 0 Å². The third-order valence-electron chi connectivity index (χ3n) is 5.60. The Hall–Kier alpha value is -2.85. The van der Waals surface area contributed by atoms with Crippen LogP contribution >= 0.6 is 0 Å². The molecule has 0 aliphatic carbocycles. The standard InChI is InChI=1S/C21H26N6O3S/c1-14-10-16(18-4-5-19(30-2)26-25-18)11-17-20(14)22-13-23-21(17)27-8-6-15(7-9-27)12-24-31(3,28)29/h4-5,10-11,13,15,24H,6-9,12H2,1-3H3. The second kappa shape index (κ2) is 8.72. The summed E-state index contributed by atoms with van der Waals surface area (Å²) in [4.78, 5) is 11.3. The van der Waals surface area contributed by atoms with Crippen LogP contribution in [0.1, 0.15) is 18.4 Å². The molecule has 1 saturated heterocycles. The number of aryl methyl sites for hydroxylation is 1. The van der Waals surface area contributed by atoms with Gasteiger partial charge in [-0.15, -0.1) is 10.2 Å². The zero-order valence-electron chi connectivity index (χ0n) is 17.9. The maximum absolute atomic E-state index is 11.4. The van der Waals surface area contributed by atoms with Crippen LogP contribution < -0.4 is 14.4 Å². The number of methoxy groups -OCH3 is 1. The Kier molecular flexibility index (Phi) is 6.01. The molecule has 1 fully saturated rings. The lowest BCUT2D eigenvalue weighted by atomic mass is 9.96. The topological polar surface area (TPSA) is 110 Å². The average Bonchev–Trinajstić information content (AvgIpc) is 2.77. The van der Waals surface area contributed by atoms with Gasteiger partial charge < -0.3 is 9.64 Å².